The molecule has 0 N–H and O–H groups in total. The number of rotatable bonds is 7. The van der Waals surface area contributed by atoms with Crippen LogP contribution in [0.25, 0.3) is 21.5 Å². The summed E-state index contributed by atoms with van der Waals surface area (Å²) < 4.78 is 0. The van der Waals surface area contributed by atoms with Gasteiger partial charge >= 0.3 is 0 Å². The molecule has 1 nitrogen and oxygen atoms in total. The molecule has 1 heteroatoms. The average molecular weight is 654 g/mol. The van der Waals surface area contributed by atoms with E-state index >= 15 is 0 Å². The van der Waals surface area contributed by atoms with Gasteiger partial charge in [-0.1, -0.05) is 116 Å². The van der Waals surface area contributed by atoms with Crippen LogP contribution in [0.3, 0.4) is 0 Å². The van der Waals surface area contributed by atoms with Crippen molar-refractivity contribution in [3.63, 3.8) is 0 Å². The number of aryl methyl sites for hydroxylation is 6. The Bertz CT molecular complexity index is 2210. The first-order valence-electron chi connectivity index (χ1n) is 18.4. The van der Waals surface area contributed by atoms with Gasteiger partial charge in [0.05, 0.1) is 5.69 Å². The zero-order chi connectivity index (χ0) is 35.3. The van der Waals surface area contributed by atoms with Crippen LogP contribution >= 0.6 is 0 Å². The zero-order valence-corrected chi connectivity index (χ0v) is 31.4. The molecule has 1 aliphatic carbocycles. The summed E-state index contributed by atoms with van der Waals surface area (Å²) in [4.78, 5) is 2.51. The highest BCUT2D eigenvalue weighted by Crippen LogP contribution is 2.48. The molecule has 6 aromatic carbocycles. The van der Waals surface area contributed by atoms with Crippen LogP contribution < -0.4 is 4.90 Å². The van der Waals surface area contributed by atoms with Crippen molar-refractivity contribution < 1.29 is 0 Å². The number of hydrogen-bond donors (Lipinski definition) is 0. The lowest BCUT2D eigenvalue weighted by molar-refractivity contribution is 0.465. The van der Waals surface area contributed by atoms with E-state index in [1.807, 2.05) is 0 Å². The smallest absolute Gasteiger partial charge is 0.0618 e. The van der Waals surface area contributed by atoms with Gasteiger partial charge in [0.2, 0.25) is 0 Å². The summed E-state index contributed by atoms with van der Waals surface area (Å²) in [5.74, 6) is 1.25. The Kier molecular flexibility index (Phi) is 9.04. The fraction of sp³-hybridized carbons (Fsp3) is 0.265. The molecule has 0 fully saturated rings. The van der Waals surface area contributed by atoms with E-state index in [2.05, 4.69) is 182 Å². The van der Waals surface area contributed by atoms with Gasteiger partial charge < -0.3 is 4.90 Å². The number of benzene rings is 6. The van der Waals surface area contributed by atoms with E-state index in [1.54, 1.807) is 0 Å². The first kappa shape index (κ1) is 33.6. The van der Waals surface area contributed by atoms with Crippen LogP contribution in [0, 0.1) is 53.4 Å². The van der Waals surface area contributed by atoms with Crippen molar-refractivity contribution in [1.82, 2.24) is 0 Å². The molecule has 0 saturated carbocycles. The minimum Gasteiger partial charge on any atom is -0.309 e. The molecule has 0 spiro atoms. The lowest BCUT2D eigenvalue weighted by Crippen LogP contribution is -2.21. The molecular formula is C49H51N. The SMILES string of the molecule is CC1=CC=C(C(Cc2c3ccccc3c(N(c3ccc(C)c(C)c3)c3ccc(C)c(C)c3)c3ccccc23)c2ccc(C)c(C)c2)C(C)C1C. The van der Waals surface area contributed by atoms with E-state index in [-0.39, 0.29) is 5.92 Å². The summed E-state index contributed by atoms with van der Waals surface area (Å²) in [6.45, 7) is 20.5. The van der Waals surface area contributed by atoms with Gasteiger partial charge in [0.25, 0.3) is 0 Å². The van der Waals surface area contributed by atoms with Crippen molar-refractivity contribution in [2.75, 3.05) is 4.90 Å². The maximum absolute atomic E-state index is 2.51. The lowest BCUT2D eigenvalue weighted by atomic mass is 9.71. The van der Waals surface area contributed by atoms with Crippen LogP contribution in [0.5, 0.6) is 0 Å². The Morgan fingerprint density at radius 3 is 1.48 bits per heavy atom. The Labute approximate surface area is 300 Å². The van der Waals surface area contributed by atoms with Gasteiger partial charge in [-0.05, 0) is 146 Å². The van der Waals surface area contributed by atoms with Crippen molar-refractivity contribution >= 4 is 38.6 Å². The second-order valence-corrected chi connectivity index (χ2v) is 15.0. The molecule has 0 aromatic heterocycles. The molecule has 0 amide bonds. The Morgan fingerprint density at radius 2 is 0.980 bits per heavy atom. The van der Waals surface area contributed by atoms with Gasteiger partial charge in [-0.15, -0.1) is 0 Å². The van der Waals surface area contributed by atoms with E-state index in [1.165, 1.54) is 94.3 Å². The minimum absolute atomic E-state index is 0.268. The summed E-state index contributed by atoms with van der Waals surface area (Å²) in [5, 5.41) is 5.23. The molecule has 0 saturated heterocycles. The molecule has 0 radical (unpaired) electrons. The van der Waals surface area contributed by atoms with E-state index < -0.39 is 0 Å². The van der Waals surface area contributed by atoms with Crippen LogP contribution in [0.4, 0.5) is 17.1 Å². The largest absolute Gasteiger partial charge is 0.309 e. The lowest BCUT2D eigenvalue weighted by Gasteiger charge is -2.34. The number of nitrogens with zero attached hydrogens (tertiary/aromatic N) is 1. The number of allylic oxidation sites excluding steroid dienone is 4. The zero-order valence-electron chi connectivity index (χ0n) is 31.4. The first-order chi connectivity index (χ1) is 24.0. The first-order valence-corrected chi connectivity index (χ1v) is 18.4. The van der Waals surface area contributed by atoms with Crippen molar-refractivity contribution in [1.29, 1.82) is 0 Å². The Balaban J connectivity index is 1.52. The fourth-order valence-corrected chi connectivity index (χ4v) is 8.05. The van der Waals surface area contributed by atoms with Crippen LogP contribution in [0.1, 0.15) is 71.2 Å². The van der Waals surface area contributed by atoms with Gasteiger partial charge in [-0.3, -0.25) is 0 Å². The van der Waals surface area contributed by atoms with Gasteiger partial charge in [0, 0.05) is 28.1 Å². The van der Waals surface area contributed by atoms with Crippen LogP contribution in [-0.2, 0) is 6.42 Å². The predicted molar refractivity (Wildman–Crippen MR) is 218 cm³/mol. The summed E-state index contributed by atoms with van der Waals surface area (Å²) >= 11 is 0. The third-order valence-electron chi connectivity index (χ3n) is 12.0. The Morgan fingerprint density at radius 1 is 0.500 bits per heavy atom. The number of fused-ring (bicyclic) bond motifs is 2. The summed E-state index contributed by atoms with van der Waals surface area (Å²) in [6, 6.07) is 39.3. The van der Waals surface area contributed by atoms with Crippen LogP contribution in [0.2, 0.25) is 0 Å². The fourth-order valence-electron chi connectivity index (χ4n) is 8.05. The van der Waals surface area contributed by atoms with Crippen molar-refractivity contribution in [3.05, 3.63) is 171 Å². The van der Waals surface area contributed by atoms with Crippen LogP contribution in [0.15, 0.2) is 126 Å². The van der Waals surface area contributed by atoms with Crippen molar-refractivity contribution in [3.8, 4) is 0 Å². The summed E-state index contributed by atoms with van der Waals surface area (Å²) in [5.41, 5.74) is 17.4. The third-order valence-corrected chi connectivity index (χ3v) is 12.0. The highest BCUT2D eigenvalue weighted by molar-refractivity contribution is 6.16. The van der Waals surface area contributed by atoms with E-state index in [9.17, 15) is 0 Å². The molecule has 7 rings (SSSR count). The number of anilines is 3. The topological polar surface area (TPSA) is 3.24 Å². The average Bonchev–Trinajstić information content (AvgIpc) is 3.11. The normalized spacial score (nSPS) is 16.7. The molecule has 0 bridgehead atoms. The quantitative estimate of drug-likeness (QED) is 0.155. The third kappa shape index (κ3) is 5.98. The molecule has 252 valence electrons. The molecule has 1 aliphatic rings. The summed E-state index contributed by atoms with van der Waals surface area (Å²) in [6.07, 6.45) is 5.75. The second-order valence-electron chi connectivity index (χ2n) is 15.0. The van der Waals surface area contributed by atoms with Crippen molar-refractivity contribution in [2.45, 2.75) is 74.7 Å². The Hall–Kier alpha value is -4.88. The maximum Gasteiger partial charge on any atom is 0.0618 e. The second kappa shape index (κ2) is 13.4. The molecule has 50 heavy (non-hydrogen) atoms. The summed E-state index contributed by atoms with van der Waals surface area (Å²) in [7, 11) is 0. The van der Waals surface area contributed by atoms with Gasteiger partial charge in [0.15, 0.2) is 0 Å². The molecule has 0 heterocycles. The molecule has 3 unspecified atom stereocenters. The number of hydrogen-bond acceptors (Lipinski definition) is 1. The van der Waals surface area contributed by atoms with Crippen LogP contribution in [-0.4, -0.2) is 0 Å². The molecule has 6 aromatic rings. The molecule has 0 aliphatic heterocycles. The molecular weight excluding hydrogens is 603 g/mol. The van der Waals surface area contributed by atoms with Gasteiger partial charge in [-0.25, -0.2) is 0 Å². The van der Waals surface area contributed by atoms with E-state index in [0.717, 1.165) is 6.42 Å². The monoisotopic (exact) mass is 653 g/mol. The molecule has 3 atom stereocenters. The minimum atomic E-state index is 0.268. The highest BCUT2D eigenvalue weighted by atomic mass is 15.1. The van der Waals surface area contributed by atoms with E-state index in [0.29, 0.717) is 11.8 Å². The van der Waals surface area contributed by atoms with E-state index in [4.69, 9.17) is 0 Å². The predicted octanol–water partition coefficient (Wildman–Crippen LogP) is 13.8. The van der Waals surface area contributed by atoms with Crippen molar-refractivity contribution in [2.24, 2.45) is 11.8 Å². The maximum atomic E-state index is 2.51. The van der Waals surface area contributed by atoms with Gasteiger partial charge in [-0.2, -0.15) is 0 Å². The van der Waals surface area contributed by atoms with Gasteiger partial charge in [0.1, 0.15) is 0 Å². The standard InChI is InChI=1S/C49H51N/c1-30-18-22-39(26-34(30)5)47(42-25-21-33(4)37(8)38(42)9)29-48-43-14-10-12-16-45(43)49(46-17-13-11-15-44(46)48)50(40-23-19-31(2)35(6)27-40)41-24-20-32(3)36(7)28-41/h10-28,37-38,47H,29H2,1-9H3. The highest BCUT2D eigenvalue weighted by Gasteiger charge is 2.30.